The predicted octanol–water partition coefficient (Wildman–Crippen LogP) is 3.31. The molecule has 0 spiro atoms. The number of hydrogen-bond acceptors (Lipinski definition) is 2. The quantitative estimate of drug-likeness (QED) is 0.592. The fourth-order valence-corrected chi connectivity index (χ4v) is 2.19. The van der Waals surface area contributed by atoms with Crippen molar-refractivity contribution in [1.29, 1.82) is 0 Å². The van der Waals surface area contributed by atoms with E-state index in [-0.39, 0.29) is 17.0 Å². The predicted molar refractivity (Wildman–Crippen MR) is 69.6 cm³/mol. The highest BCUT2D eigenvalue weighted by atomic mass is 35.5. The molecule has 0 radical (unpaired) electrons. The number of carbonyl (C=O) groups is 1. The van der Waals surface area contributed by atoms with Gasteiger partial charge in [-0.25, -0.2) is 4.39 Å². The Labute approximate surface area is 113 Å². The number of carbonyl (C=O) groups excluding carboxylic acids is 1. The average Bonchev–Trinajstić information content (AvgIpc) is 2.63. The molecule has 0 amide bonds. The Hall–Kier alpha value is -2.20. The fourth-order valence-electron chi connectivity index (χ4n) is 2.06. The molecule has 3 nitrogen and oxygen atoms in total. The lowest BCUT2D eigenvalue weighted by molar-refractivity contribution is -0.355. The van der Waals surface area contributed by atoms with E-state index < -0.39 is 11.6 Å². The van der Waals surface area contributed by atoms with Crippen LogP contribution in [-0.4, -0.2) is 16.2 Å². The molecule has 2 aromatic rings. The second-order valence-corrected chi connectivity index (χ2v) is 4.58. The van der Waals surface area contributed by atoms with Gasteiger partial charge in [0.1, 0.15) is 11.4 Å². The van der Waals surface area contributed by atoms with Gasteiger partial charge in [0, 0.05) is 11.1 Å². The van der Waals surface area contributed by atoms with Crippen LogP contribution in [0.2, 0.25) is 5.02 Å². The number of benzene rings is 2. The number of Topliss-reactive ketones (excluding diaryl/α,β-unsaturated/α-hetero) is 1. The summed E-state index contributed by atoms with van der Waals surface area (Å²) in [4.78, 5) is 12.2. The summed E-state index contributed by atoms with van der Waals surface area (Å²) in [6, 6.07) is 9.90. The molecule has 3 rings (SSSR count). The van der Waals surface area contributed by atoms with Crippen molar-refractivity contribution in [2.24, 2.45) is 0 Å². The van der Waals surface area contributed by atoms with E-state index in [9.17, 15) is 14.4 Å². The number of rotatable bonds is 1. The van der Waals surface area contributed by atoms with Crippen LogP contribution < -0.4 is 0 Å². The van der Waals surface area contributed by atoms with Crippen LogP contribution in [0.5, 0.6) is 0 Å². The highest BCUT2D eigenvalue weighted by molar-refractivity contribution is 6.52. The van der Waals surface area contributed by atoms with Gasteiger partial charge >= 0.3 is 0 Å². The number of hydrogen-bond donors (Lipinski definition) is 0. The van der Waals surface area contributed by atoms with E-state index in [1.165, 1.54) is 6.07 Å². The first-order valence-corrected chi connectivity index (χ1v) is 5.90. The Morgan fingerprint density at radius 1 is 1.11 bits per heavy atom. The minimum Gasteiger partial charge on any atom is -0.618 e. The number of fused-ring (bicyclic) bond motifs is 1. The van der Waals surface area contributed by atoms with Gasteiger partial charge in [0.2, 0.25) is 5.69 Å². The smallest absolute Gasteiger partial charge is 0.272 e. The molecule has 0 saturated heterocycles. The van der Waals surface area contributed by atoms with Gasteiger partial charge in [-0.3, -0.25) is 4.79 Å². The van der Waals surface area contributed by atoms with Gasteiger partial charge in [-0.1, -0.05) is 11.6 Å². The van der Waals surface area contributed by atoms with Crippen molar-refractivity contribution in [3.63, 3.8) is 0 Å². The lowest BCUT2D eigenvalue weighted by Gasteiger charge is -2.02. The zero-order valence-electron chi connectivity index (χ0n) is 9.56. The molecule has 0 atom stereocenters. The van der Waals surface area contributed by atoms with E-state index in [1.54, 1.807) is 24.3 Å². The third-order valence-corrected chi connectivity index (χ3v) is 3.21. The summed E-state index contributed by atoms with van der Waals surface area (Å²) in [6.07, 6.45) is 0. The Bertz CT molecular complexity index is 723. The first kappa shape index (κ1) is 11.9. The van der Waals surface area contributed by atoms with Gasteiger partial charge in [0.15, 0.2) is 0 Å². The molecule has 2 aromatic carbocycles. The monoisotopic (exact) mass is 275 g/mol. The summed E-state index contributed by atoms with van der Waals surface area (Å²) in [7, 11) is 0. The Balaban J connectivity index is 2.18. The summed E-state index contributed by atoms with van der Waals surface area (Å²) in [5.41, 5.74) is 0.689. The third kappa shape index (κ3) is 1.81. The van der Waals surface area contributed by atoms with Crippen LogP contribution in [0.4, 0.5) is 10.1 Å². The van der Waals surface area contributed by atoms with Crippen molar-refractivity contribution in [2.45, 2.75) is 0 Å². The van der Waals surface area contributed by atoms with Gasteiger partial charge in [0.25, 0.3) is 11.5 Å². The van der Waals surface area contributed by atoms with Crippen LogP contribution in [0.15, 0.2) is 42.5 Å². The number of nitrogens with zero attached hydrogens (tertiary/aromatic N) is 1. The maximum atomic E-state index is 13.1. The molecular formula is C14H7ClFNO2. The van der Waals surface area contributed by atoms with Crippen molar-refractivity contribution in [2.75, 3.05) is 0 Å². The minimum atomic E-state index is -0.551. The van der Waals surface area contributed by atoms with Crippen LogP contribution in [-0.2, 0) is 0 Å². The molecular weight excluding hydrogens is 269 g/mol. The van der Waals surface area contributed by atoms with Gasteiger partial charge < -0.3 is 5.21 Å². The molecule has 5 heteroatoms. The largest absolute Gasteiger partial charge is 0.618 e. The summed E-state index contributed by atoms with van der Waals surface area (Å²) >= 11 is 5.77. The van der Waals surface area contributed by atoms with Crippen molar-refractivity contribution in [1.82, 2.24) is 0 Å². The average molecular weight is 276 g/mol. The Kier molecular flexibility index (Phi) is 2.61. The molecule has 0 bridgehead atoms. The molecule has 1 aliphatic heterocycles. The summed E-state index contributed by atoms with van der Waals surface area (Å²) in [6.45, 7) is 0. The molecule has 94 valence electrons. The van der Waals surface area contributed by atoms with Crippen LogP contribution >= 0.6 is 11.6 Å². The van der Waals surface area contributed by atoms with Gasteiger partial charge in [-0.15, -0.1) is 0 Å². The second-order valence-electron chi connectivity index (χ2n) is 4.14. The minimum absolute atomic E-state index is 0.0164. The number of ketones is 1. The van der Waals surface area contributed by atoms with Crippen LogP contribution in [0.3, 0.4) is 0 Å². The maximum absolute atomic E-state index is 13.1. The topological polar surface area (TPSA) is 43.1 Å². The first-order chi connectivity index (χ1) is 9.08. The molecule has 0 saturated carbocycles. The third-order valence-electron chi connectivity index (χ3n) is 2.96. The Morgan fingerprint density at radius 3 is 2.47 bits per heavy atom. The summed E-state index contributed by atoms with van der Waals surface area (Å²) in [5, 5.41) is 12.6. The van der Waals surface area contributed by atoms with Gasteiger partial charge in [0.05, 0.1) is 5.56 Å². The number of halogens is 2. The summed E-state index contributed by atoms with van der Waals surface area (Å²) in [5.74, 6) is -0.961. The van der Waals surface area contributed by atoms with Crippen LogP contribution in [0.25, 0.3) is 0 Å². The molecule has 0 unspecified atom stereocenters. The maximum Gasteiger partial charge on any atom is 0.272 e. The zero-order chi connectivity index (χ0) is 13.6. The first-order valence-electron chi connectivity index (χ1n) is 5.52. The van der Waals surface area contributed by atoms with Crippen molar-refractivity contribution >= 4 is 28.8 Å². The summed E-state index contributed by atoms with van der Waals surface area (Å²) < 4.78 is 13.6. The highest BCUT2D eigenvalue weighted by Gasteiger charge is 2.36. The lowest BCUT2D eigenvalue weighted by Crippen LogP contribution is -2.16. The molecule has 0 aromatic heterocycles. The van der Waals surface area contributed by atoms with Gasteiger partial charge in [-0.2, -0.15) is 4.74 Å². The lowest BCUT2D eigenvalue weighted by atomic mass is 10.0. The molecule has 0 aliphatic carbocycles. The molecule has 1 aliphatic rings. The fraction of sp³-hybridized carbons (Fsp3) is 0. The van der Waals surface area contributed by atoms with Gasteiger partial charge in [-0.05, 0) is 36.4 Å². The van der Waals surface area contributed by atoms with E-state index in [4.69, 9.17) is 11.6 Å². The van der Waals surface area contributed by atoms with E-state index >= 15 is 0 Å². The molecule has 0 N–H and O–H groups in total. The molecule has 19 heavy (non-hydrogen) atoms. The van der Waals surface area contributed by atoms with E-state index in [0.717, 1.165) is 12.1 Å². The zero-order valence-corrected chi connectivity index (χ0v) is 10.3. The normalized spacial score (nSPS) is 13.9. The van der Waals surface area contributed by atoms with Crippen LogP contribution in [0, 0.1) is 11.0 Å². The second kappa shape index (κ2) is 4.17. The standard InChI is InChI=1S/C14H7ClFNO2/c15-9-3-1-8(2-4-9)13-14(18)11-6-5-10(16)7-12(11)17(13)19/h1-7H. The Morgan fingerprint density at radius 2 is 1.79 bits per heavy atom. The van der Waals surface area contributed by atoms with Crippen molar-refractivity contribution < 1.29 is 13.9 Å². The van der Waals surface area contributed by atoms with Crippen LogP contribution in [0.1, 0.15) is 15.9 Å². The van der Waals surface area contributed by atoms with E-state index in [1.807, 2.05) is 0 Å². The van der Waals surface area contributed by atoms with Crippen molar-refractivity contribution in [3.8, 4) is 0 Å². The molecule has 1 heterocycles. The van der Waals surface area contributed by atoms with E-state index in [0.29, 0.717) is 15.3 Å². The SMILES string of the molecule is O=C1C(c2ccc(Cl)cc2)=[N+]([O-])c2cc(F)ccc21. The van der Waals surface area contributed by atoms with E-state index in [2.05, 4.69) is 0 Å². The van der Waals surface area contributed by atoms with Crippen molar-refractivity contribution in [3.05, 3.63) is 69.6 Å². The molecule has 0 fully saturated rings. The highest BCUT2D eigenvalue weighted by Crippen LogP contribution is 2.29.